The van der Waals surface area contributed by atoms with Crippen molar-refractivity contribution < 1.29 is 4.39 Å². The fraction of sp³-hybridized carbons (Fsp3) is 0.312. The maximum atomic E-state index is 13.3. The van der Waals surface area contributed by atoms with Crippen LogP contribution in [-0.2, 0) is 6.42 Å². The summed E-state index contributed by atoms with van der Waals surface area (Å²) in [5.74, 6) is -0.239. The molecule has 0 aliphatic carbocycles. The Hall–Kier alpha value is -1.16. The quantitative estimate of drug-likeness (QED) is 0.823. The molecule has 2 rings (SSSR count). The summed E-state index contributed by atoms with van der Waals surface area (Å²) >= 11 is 12.1. The van der Waals surface area contributed by atoms with Gasteiger partial charge < -0.3 is 5.32 Å². The highest BCUT2D eigenvalue weighted by atomic mass is 35.5. The highest BCUT2D eigenvalue weighted by Crippen LogP contribution is 2.26. The van der Waals surface area contributed by atoms with Gasteiger partial charge in [-0.05, 0) is 43.1 Å². The molecule has 0 amide bonds. The molecule has 1 unspecified atom stereocenters. The predicted octanol–water partition coefficient (Wildman–Crippen LogP) is 4.81. The molecule has 0 spiro atoms. The van der Waals surface area contributed by atoms with Gasteiger partial charge in [0.25, 0.3) is 0 Å². The Morgan fingerprint density at radius 1 is 1.29 bits per heavy atom. The number of hydrogen-bond donors (Lipinski definition) is 1. The van der Waals surface area contributed by atoms with Gasteiger partial charge in [-0.3, -0.25) is 4.98 Å². The van der Waals surface area contributed by atoms with E-state index in [4.69, 9.17) is 23.2 Å². The minimum absolute atomic E-state index is 0.0727. The molecule has 1 aromatic heterocycles. The Labute approximate surface area is 134 Å². The Kier molecular flexibility index (Phi) is 5.97. The molecule has 1 atom stereocenters. The summed E-state index contributed by atoms with van der Waals surface area (Å²) in [5.41, 5.74) is 1.63. The van der Waals surface area contributed by atoms with E-state index in [-0.39, 0.29) is 11.9 Å². The van der Waals surface area contributed by atoms with Crippen LogP contribution in [0.4, 0.5) is 4.39 Å². The largest absolute Gasteiger partial charge is 0.308 e. The molecule has 0 saturated heterocycles. The van der Waals surface area contributed by atoms with Crippen molar-refractivity contribution in [1.29, 1.82) is 0 Å². The zero-order valence-corrected chi connectivity index (χ0v) is 13.3. The number of nitrogens with one attached hydrogen (secondary N) is 1. The fourth-order valence-corrected chi connectivity index (χ4v) is 2.68. The average molecular weight is 327 g/mol. The topological polar surface area (TPSA) is 24.9 Å². The average Bonchev–Trinajstić information content (AvgIpc) is 2.44. The van der Waals surface area contributed by atoms with Gasteiger partial charge in [0.2, 0.25) is 0 Å². The summed E-state index contributed by atoms with van der Waals surface area (Å²) in [4.78, 5) is 4.33. The fourth-order valence-electron chi connectivity index (χ4n) is 2.17. The molecule has 2 nitrogen and oxygen atoms in total. The third-order valence-corrected chi connectivity index (χ3v) is 3.65. The lowest BCUT2D eigenvalue weighted by Gasteiger charge is -2.19. The normalized spacial score (nSPS) is 12.4. The van der Waals surface area contributed by atoms with E-state index in [1.165, 1.54) is 12.1 Å². The minimum atomic E-state index is -0.239. The van der Waals surface area contributed by atoms with Crippen molar-refractivity contribution in [3.63, 3.8) is 0 Å². The van der Waals surface area contributed by atoms with E-state index in [1.54, 1.807) is 18.3 Å². The summed E-state index contributed by atoms with van der Waals surface area (Å²) in [5, 5.41) is 4.43. The highest BCUT2D eigenvalue weighted by molar-refractivity contribution is 6.34. The number of aromatic nitrogens is 1. The van der Waals surface area contributed by atoms with Gasteiger partial charge in [0.1, 0.15) is 5.82 Å². The van der Waals surface area contributed by atoms with Crippen molar-refractivity contribution in [2.75, 3.05) is 6.54 Å². The third kappa shape index (κ3) is 4.67. The van der Waals surface area contributed by atoms with Crippen LogP contribution in [0.25, 0.3) is 0 Å². The first-order chi connectivity index (χ1) is 10.1. The van der Waals surface area contributed by atoms with E-state index in [9.17, 15) is 4.39 Å². The van der Waals surface area contributed by atoms with Crippen LogP contribution in [0.1, 0.15) is 30.6 Å². The number of benzene rings is 1. The van der Waals surface area contributed by atoms with Crippen molar-refractivity contribution >= 4 is 23.2 Å². The van der Waals surface area contributed by atoms with E-state index in [0.717, 1.165) is 24.2 Å². The Morgan fingerprint density at radius 3 is 2.76 bits per heavy atom. The first-order valence-corrected chi connectivity index (χ1v) is 7.64. The third-order valence-electron chi connectivity index (χ3n) is 3.14. The van der Waals surface area contributed by atoms with Crippen LogP contribution in [0.15, 0.2) is 36.5 Å². The predicted molar refractivity (Wildman–Crippen MR) is 85.4 cm³/mol. The SMILES string of the molecule is CCCNC(Cc1cccc(F)c1)c1ncc(Cl)cc1Cl. The zero-order chi connectivity index (χ0) is 15.2. The van der Waals surface area contributed by atoms with Gasteiger partial charge in [-0.25, -0.2) is 4.39 Å². The summed E-state index contributed by atoms with van der Waals surface area (Å²) in [7, 11) is 0. The van der Waals surface area contributed by atoms with Crippen molar-refractivity contribution in [2.45, 2.75) is 25.8 Å². The van der Waals surface area contributed by atoms with Gasteiger partial charge in [0, 0.05) is 6.20 Å². The van der Waals surface area contributed by atoms with Crippen LogP contribution in [0.3, 0.4) is 0 Å². The number of hydrogen-bond acceptors (Lipinski definition) is 2. The second kappa shape index (κ2) is 7.74. The molecule has 5 heteroatoms. The molecule has 0 bridgehead atoms. The first kappa shape index (κ1) is 16.2. The molecule has 0 saturated carbocycles. The highest BCUT2D eigenvalue weighted by Gasteiger charge is 2.17. The van der Waals surface area contributed by atoms with Crippen LogP contribution in [0, 0.1) is 5.82 Å². The van der Waals surface area contributed by atoms with Crippen molar-refractivity contribution in [1.82, 2.24) is 10.3 Å². The van der Waals surface area contributed by atoms with Crippen LogP contribution >= 0.6 is 23.2 Å². The summed E-state index contributed by atoms with van der Waals surface area (Å²) in [6.07, 6.45) is 3.19. The Bertz CT molecular complexity index is 605. The van der Waals surface area contributed by atoms with Crippen molar-refractivity contribution in [3.8, 4) is 0 Å². The second-order valence-electron chi connectivity index (χ2n) is 4.86. The first-order valence-electron chi connectivity index (χ1n) is 6.89. The zero-order valence-electron chi connectivity index (χ0n) is 11.7. The lowest BCUT2D eigenvalue weighted by atomic mass is 10.0. The lowest BCUT2D eigenvalue weighted by molar-refractivity contribution is 0.516. The standard InChI is InChI=1S/C16H17Cl2FN2/c1-2-6-20-15(8-11-4-3-5-13(19)7-11)16-14(18)9-12(17)10-21-16/h3-5,7,9-10,15,20H,2,6,8H2,1H3. The van der Waals surface area contributed by atoms with Crippen molar-refractivity contribution in [2.24, 2.45) is 0 Å². The van der Waals surface area contributed by atoms with Gasteiger partial charge in [0.15, 0.2) is 0 Å². The number of pyridine rings is 1. The minimum Gasteiger partial charge on any atom is -0.308 e. The molecule has 1 heterocycles. The second-order valence-corrected chi connectivity index (χ2v) is 5.70. The monoisotopic (exact) mass is 326 g/mol. The Morgan fingerprint density at radius 2 is 2.10 bits per heavy atom. The summed E-state index contributed by atoms with van der Waals surface area (Å²) in [6.45, 7) is 2.92. The molecule has 1 N–H and O–H groups in total. The molecule has 112 valence electrons. The van der Waals surface area contributed by atoms with Crippen LogP contribution in [-0.4, -0.2) is 11.5 Å². The van der Waals surface area contributed by atoms with Crippen LogP contribution in [0.2, 0.25) is 10.0 Å². The van der Waals surface area contributed by atoms with Gasteiger partial charge >= 0.3 is 0 Å². The Balaban J connectivity index is 2.25. The molecule has 0 aliphatic rings. The van der Waals surface area contributed by atoms with Gasteiger partial charge in [-0.2, -0.15) is 0 Å². The van der Waals surface area contributed by atoms with Gasteiger partial charge in [-0.1, -0.05) is 42.3 Å². The van der Waals surface area contributed by atoms with E-state index in [2.05, 4.69) is 17.2 Å². The molecule has 2 aromatic rings. The van der Waals surface area contributed by atoms with Crippen LogP contribution in [0.5, 0.6) is 0 Å². The summed E-state index contributed by atoms with van der Waals surface area (Å²) in [6, 6.07) is 8.18. The molecule has 0 aliphatic heterocycles. The number of nitrogens with zero attached hydrogens (tertiary/aromatic N) is 1. The number of rotatable bonds is 6. The lowest BCUT2D eigenvalue weighted by Crippen LogP contribution is -2.25. The molecule has 0 fully saturated rings. The molecular weight excluding hydrogens is 310 g/mol. The number of halogens is 3. The molecule has 21 heavy (non-hydrogen) atoms. The van der Waals surface area contributed by atoms with E-state index < -0.39 is 0 Å². The van der Waals surface area contributed by atoms with Crippen molar-refractivity contribution in [3.05, 3.63) is 63.6 Å². The van der Waals surface area contributed by atoms with E-state index in [0.29, 0.717) is 16.5 Å². The molecule has 0 radical (unpaired) electrons. The van der Waals surface area contributed by atoms with Gasteiger partial charge in [0.05, 0.1) is 21.8 Å². The summed E-state index contributed by atoms with van der Waals surface area (Å²) < 4.78 is 13.3. The maximum Gasteiger partial charge on any atom is 0.123 e. The molecular formula is C16H17Cl2FN2. The van der Waals surface area contributed by atoms with E-state index in [1.807, 2.05) is 6.07 Å². The molecule has 1 aromatic carbocycles. The van der Waals surface area contributed by atoms with Gasteiger partial charge in [-0.15, -0.1) is 0 Å². The van der Waals surface area contributed by atoms with E-state index >= 15 is 0 Å². The maximum absolute atomic E-state index is 13.3. The smallest absolute Gasteiger partial charge is 0.123 e. The van der Waals surface area contributed by atoms with Crippen LogP contribution < -0.4 is 5.32 Å².